The third-order valence-corrected chi connectivity index (χ3v) is 5.25. The fourth-order valence-corrected chi connectivity index (χ4v) is 4.14. The molecule has 1 aliphatic rings. The van der Waals surface area contributed by atoms with Crippen LogP contribution in [0.3, 0.4) is 0 Å². The quantitative estimate of drug-likeness (QED) is 0.895. The largest absolute Gasteiger partial charge is 0.392 e. The molecule has 2 rings (SSSR count). The van der Waals surface area contributed by atoms with Gasteiger partial charge in [-0.05, 0) is 37.5 Å². The SMILES string of the molecule is CC1(NS(=O)(=O)c2cc(CO)cc(F)c2F)CCCC1. The molecule has 112 valence electrons. The number of hydrogen-bond acceptors (Lipinski definition) is 3. The monoisotopic (exact) mass is 305 g/mol. The summed E-state index contributed by atoms with van der Waals surface area (Å²) in [4.78, 5) is -0.755. The molecule has 0 bridgehead atoms. The van der Waals surface area contributed by atoms with Crippen molar-refractivity contribution in [2.45, 2.75) is 49.6 Å². The van der Waals surface area contributed by atoms with Gasteiger partial charge in [0, 0.05) is 5.54 Å². The van der Waals surface area contributed by atoms with Gasteiger partial charge in [-0.25, -0.2) is 21.9 Å². The summed E-state index contributed by atoms with van der Waals surface area (Å²) < 4.78 is 54.0. The molecule has 0 unspecified atom stereocenters. The number of rotatable bonds is 4. The number of sulfonamides is 1. The Kier molecular flexibility index (Phi) is 4.13. The average molecular weight is 305 g/mol. The molecule has 1 saturated carbocycles. The fraction of sp³-hybridized carbons (Fsp3) is 0.538. The van der Waals surface area contributed by atoms with Crippen molar-refractivity contribution < 1.29 is 22.3 Å². The zero-order valence-electron chi connectivity index (χ0n) is 11.1. The zero-order valence-corrected chi connectivity index (χ0v) is 11.9. The highest BCUT2D eigenvalue weighted by Crippen LogP contribution is 2.31. The molecule has 0 heterocycles. The van der Waals surface area contributed by atoms with Gasteiger partial charge in [0.2, 0.25) is 10.0 Å². The van der Waals surface area contributed by atoms with Crippen LogP contribution < -0.4 is 4.72 Å². The molecule has 0 aliphatic heterocycles. The minimum Gasteiger partial charge on any atom is -0.392 e. The van der Waals surface area contributed by atoms with Crippen LogP contribution in [0.5, 0.6) is 0 Å². The van der Waals surface area contributed by atoms with Crippen LogP contribution in [0.15, 0.2) is 17.0 Å². The van der Waals surface area contributed by atoms with Gasteiger partial charge in [-0.2, -0.15) is 0 Å². The molecule has 0 saturated heterocycles. The van der Waals surface area contributed by atoms with Gasteiger partial charge >= 0.3 is 0 Å². The first-order valence-corrected chi connectivity index (χ1v) is 7.88. The molecule has 0 amide bonds. The van der Waals surface area contributed by atoms with E-state index in [0.29, 0.717) is 12.8 Å². The highest BCUT2D eigenvalue weighted by atomic mass is 32.2. The molecular weight excluding hydrogens is 288 g/mol. The summed E-state index contributed by atoms with van der Waals surface area (Å²) >= 11 is 0. The number of benzene rings is 1. The van der Waals surface area contributed by atoms with Gasteiger partial charge in [0.05, 0.1) is 6.61 Å². The molecule has 1 aliphatic carbocycles. The van der Waals surface area contributed by atoms with Crippen LogP contribution in [0.4, 0.5) is 8.78 Å². The zero-order chi connectivity index (χ0) is 15.0. The molecule has 0 spiro atoms. The van der Waals surface area contributed by atoms with Crippen LogP contribution in [-0.4, -0.2) is 19.1 Å². The molecule has 7 heteroatoms. The lowest BCUT2D eigenvalue weighted by molar-refractivity contribution is 0.280. The second-order valence-corrected chi connectivity index (χ2v) is 7.07. The Morgan fingerprint density at radius 1 is 1.30 bits per heavy atom. The predicted octanol–water partition coefficient (Wildman–Crippen LogP) is 2.07. The lowest BCUT2D eigenvalue weighted by atomic mass is 10.0. The van der Waals surface area contributed by atoms with Crippen molar-refractivity contribution in [2.24, 2.45) is 0 Å². The van der Waals surface area contributed by atoms with Gasteiger partial charge in [-0.1, -0.05) is 12.8 Å². The van der Waals surface area contributed by atoms with Gasteiger partial charge in [0.15, 0.2) is 11.6 Å². The summed E-state index contributed by atoms with van der Waals surface area (Å²) in [6, 6.07) is 1.74. The van der Waals surface area contributed by atoms with Crippen molar-refractivity contribution >= 4 is 10.0 Å². The molecule has 0 aromatic heterocycles. The summed E-state index contributed by atoms with van der Waals surface area (Å²) in [5.41, 5.74) is -0.613. The summed E-state index contributed by atoms with van der Waals surface area (Å²) in [6.45, 7) is 1.19. The first kappa shape index (κ1) is 15.3. The fourth-order valence-electron chi connectivity index (χ4n) is 2.54. The van der Waals surface area contributed by atoms with Crippen LogP contribution in [0.2, 0.25) is 0 Å². The lowest BCUT2D eigenvalue weighted by Crippen LogP contribution is -2.43. The summed E-state index contributed by atoms with van der Waals surface area (Å²) in [5.74, 6) is -2.70. The van der Waals surface area contributed by atoms with Crippen molar-refractivity contribution in [1.29, 1.82) is 0 Å². The van der Waals surface area contributed by atoms with E-state index in [1.807, 2.05) is 0 Å². The van der Waals surface area contributed by atoms with Crippen molar-refractivity contribution in [3.63, 3.8) is 0 Å². The summed E-state index contributed by atoms with van der Waals surface area (Å²) in [5, 5.41) is 8.97. The Hall–Kier alpha value is -1.05. The molecule has 1 fully saturated rings. The smallest absolute Gasteiger partial charge is 0.244 e. The van der Waals surface area contributed by atoms with E-state index in [1.54, 1.807) is 6.92 Å². The molecule has 20 heavy (non-hydrogen) atoms. The maximum Gasteiger partial charge on any atom is 0.244 e. The topological polar surface area (TPSA) is 66.4 Å². The van der Waals surface area contributed by atoms with E-state index < -0.39 is 38.7 Å². The van der Waals surface area contributed by atoms with E-state index >= 15 is 0 Å². The predicted molar refractivity (Wildman–Crippen MR) is 69.5 cm³/mol. The third kappa shape index (κ3) is 2.99. The number of halogens is 2. The maximum absolute atomic E-state index is 13.7. The minimum atomic E-state index is -4.16. The first-order chi connectivity index (χ1) is 9.27. The Balaban J connectivity index is 2.41. The Morgan fingerprint density at radius 2 is 1.90 bits per heavy atom. The molecule has 0 atom stereocenters. The summed E-state index contributed by atoms with van der Waals surface area (Å²) in [7, 11) is -4.16. The van der Waals surface area contributed by atoms with Crippen LogP contribution in [0, 0.1) is 11.6 Å². The second kappa shape index (κ2) is 5.38. The van der Waals surface area contributed by atoms with Crippen molar-refractivity contribution in [1.82, 2.24) is 4.72 Å². The molecular formula is C13H17F2NO3S. The molecule has 0 radical (unpaired) electrons. The van der Waals surface area contributed by atoms with Crippen LogP contribution in [0.1, 0.15) is 38.2 Å². The summed E-state index contributed by atoms with van der Waals surface area (Å²) in [6.07, 6.45) is 3.12. The van der Waals surface area contributed by atoms with Crippen molar-refractivity contribution in [2.75, 3.05) is 0 Å². The van der Waals surface area contributed by atoms with Crippen LogP contribution >= 0.6 is 0 Å². The molecule has 4 nitrogen and oxygen atoms in total. The van der Waals surface area contributed by atoms with E-state index in [2.05, 4.69) is 4.72 Å². The van der Waals surface area contributed by atoms with Crippen molar-refractivity contribution in [3.8, 4) is 0 Å². The first-order valence-electron chi connectivity index (χ1n) is 6.40. The van der Waals surface area contributed by atoms with Gasteiger partial charge in [-0.3, -0.25) is 0 Å². The third-order valence-electron chi connectivity index (χ3n) is 3.61. The van der Waals surface area contributed by atoms with Gasteiger partial charge in [-0.15, -0.1) is 0 Å². The van der Waals surface area contributed by atoms with Gasteiger partial charge in [0.25, 0.3) is 0 Å². The number of nitrogens with one attached hydrogen (secondary N) is 1. The number of aliphatic hydroxyl groups excluding tert-OH is 1. The van der Waals surface area contributed by atoms with E-state index in [1.165, 1.54) is 0 Å². The van der Waals surface area contributed by atoms with E-state index in [4.69, 9.17) is 5.11 Å². The van der Waals surface area contributed by atoms with E-state index in [-0.39, 0.29) is 5.56 Å². The molecule has 1 aromatic carbocycles. The van der Waals surface area contributed by atoms with Gasteiger partial charge < -0.3 is 5.11 Å². The normalized spacial score (nSPS) is 18.4. The number of hydrogen-bond donors (Lipinski definition) is 2. The Morgan fingerprint density at radius 3 is 2.45 bits per heavy atom. The molecule has 2 N–H and O–H groups in total. The maximum atomic E-state index is 13.7. The Labute approximate surface area is 116 Å². The van der Waals surface area contributed by atoms with Gasteiger partial charge in [0.1, 0.15) is 4.90 Å². The average Bonchev–Trinajstić information content (AvgIpc) is 2.77. The lowest BCUT2D eigenvalue weighted by Gasteiger charge is -2.25. The van der Waals surface area contributed by atoms with E-state index in [9.17, 15) is 17.2 Å². The standard InChI is InChI=1S/C13H17F2NO3S/c1-13(4-2-3-5-13)16-20(18,19)11-7-9(8-17)6-10(14)12(11)15/h6-7,16-17H,2-5,8H2,1H3. The van der Waals surface area contributed by atoms with Crippen LogP contribution in [-0.2, 0) is 16.6 Å². The molecule has 1 aromatic rings. The van der Waals surface area contributed by atoms with Crippen LogP contribution in [0.25, 0.3) is 0 Å². The minimum absolute atomic E-state index is 0.0147. The van der Waals surface area contributed by atoms with Crippen molar-refractivity contribution in [3.05, 3.63) is 29.3 Å². The van der Waals surface area contributed by atoms with E-state index in [0.717, 1.165) is 25.0 Å². The second-order valence-electron chi connectivity index (χ2n) is 5.42. The highest BCUT2D eigenvalue weighted by Gasteiger charge is 2.35. The Bertz CT molecular complexity index is 610. The number of aliphatic hydroxyl groups is 1. The highest BCUT2D eigenvalue weighted by molar-refractivity contribution is 7.89.